The van der Waals surface area contributed by atoms with Crippen molar-refractivity contribution in [1.82, 2.24) is 0 Å². The smallest absolute Gasteiger partial charge is 0.344 e. The third-order valence-electron chi connectivity index (χ3n) is 2.54. The van der Waals surface area contributed by atoms with Crippen molar-refractivity contribution in [2.24, 2.45) is 5.73 Å². The molecule has 0 aliphatic rings. The maximum Gasteiger partial charge on any atom is 0.344 e. The molecule has 116 valence electrons. The van der Waals surface area contributed by atoms with E-state index in [0.717, 1.165) is 0 Å². The van der Waals surface area contributed by atoms with Crippen molar-refractivity contribution >= 4 is 18.0 Å². The fourth-order valence-electron chi connectivity index (χ4n) is 1.56. The highest BCUT2D eigenvalue weighted by Gasteiger charge is 2.10. The summed E-state index contributed by atoms with van der Waals surface area (Å²) in [6.07, 6.45) is 1.33. The van der Waals surface area contributed by atoms with Gasteiger partial charge in [0.1, 0.15) is 11.6 Å². The van der Waals surface area contributed by atoms with E-state index in [2.05, 4.69) is 0 Å². The predicted octanol–water partition coefficient (Wildman–Crippen LogP) is 1.03. The van der Waals surface area contributed by atoms with Crippen LogP contribution in [0.25, 0.3) is 6.08 Å². The molecule has 0 fully saturated rings. The molecule has 0 saturated carbocycles. The minimum atomic E-state index is -0.816. The Bertz CT molecular complexity index is 631. The summed E-state index contributed by atoms with van der Waals surface area (Å²) in [6.45, 7) is 1.72. The monoisotopic (exact) mass is 304 g/mol. The summed E-state index contributed by atoms with van der Waals surface area (Å²) in [7, 11) is 1.43. The van der Waals surface area contributed by atoms with E-state index in [1.807, 2.05) is 0 Å². The molecule has 0 radical (unpaired) electrons. The lowest BCUT2D eigenvalue weighted by atomic mass is 10.1. The van der Waals surface area contributed by atoms with Crippen LogP contribution >= 0.6 is 0 Å². The molecule has 1 aromatic carbocycles. The fourth-order valence-corrected chi connectivity index (χ4v) is 1.56. The predicted molar refractivity (Wildman–Crippen MR) is 77.9 cm³/mol. The molecule has 0 aliphatic carbocycles. The molecule has 2 N–H and O–H groups in total. The van der Waals surface area contributed by atoms with E-state index in [0.29, 0.717) is 17.1 Å². The Hall–Kier alpha value is -3.01. The van der Waals surface area contributed by atoms with Gasteiger partial charge in [0.25, 0.3) is 5.91 Å². The van der Waals surface area contributed by atoms with Gasteiger partial charge in [-0.25, -0.2) is 4.79 Å². The summed E-state index contributed by atoms with van der Waals surface area (Å²) < 4.78 is 15.2. The number of hydrogen-bond acceptors (Lipinski definition) is 6. The molecule has 0 aliphatic heterocycles. The fraction of sp³-hybridized carbons (Fsp3) is 0.267. The van der Waals surface area contributed by atoms with Crippen LogP contribution in [0.1, 0.15) is 12.5 Å². The van der Waals surface area contributed by atoms with Crippen LogP contribution in [0.3, 0.4) is 0 Å². The number of carbonyl (C=O) groups excluding carboxylic acids is 2. The lowest BCUT2D eigenvalue weighted by Gasteiger charge is -2.10. The summed E-state index contributed by atoms with van der Waals surface area (Å²) in [5.74, 6) is -0.622. The molecule has 0 saturated heterocycles. The first-order valence-electron chi connectivity index (χ1n) is 6.39. The number of carbonyl (C=O) groups is 2. The van der Waals surface area contributed by atoms with Gasteiger partial charge in [-0.2, -0.15) is 5.26 Å². The van der Waals surface area contributed by atoms with Gasteiger partial charge in [-0.15, -0.1) is 0 Å². The van der Waals surface area contributed by atoms with Crippen molar-refractivity contribution in [2.75, 3.05) is 20.3 Å². The number of methoxy groups -OCH3 is 1. The van der Waals surface area contributed by atoms with Crippen LogP contribution in [0.4, 0.5) is 0 Å². The van der Waals surface area contributed by atoms with Crippen LogP contribution in [-0.4, -0.2) is 32.2 Å². The Morgan fingerprint density at radius 1 is 1.36 bits per heavy atom. The summed E-state index contributed by atoms with van der Waals surface area (Å²) >= 11 is 0. The minimum Gasteiger partial charge on any atom is -0.493 e. The number of esters is 1. The third-order valence-corrected chi connectivity index (χ3v) is 2.54. The molecule has 1 aromatic rings. The average molecular weight is 304 g/mol. The molecule has 0 unspecified atom stereocenters. The van der Waals surface area contributed by atoms with Crippen LogP contribution in [0.2, 0.25) is 0 Å². The zero-order chi connectivity index (χ0) is 16.5. The van der Waals surface area contributed by atoms with Crippen molar-refractivity contribution in [2.45, 2.75) is 6.92 Å². The summed E-state index contributed by atoms with van der Waals surface area (Å²) in [6, 6.07) is 6.42. The van der Waals surface area contributed by atoms with Gasteiger partial charge in [-0.1, -0.05) is 6.07 Å². The molecule has 22 heavy (non-hydrogen) atoms. The Balaban J connectivity index is 2.94. The number of nitriles is 1. The van der Waals surface area contributed by atoms with Gasteiger partial charge in [0.2, 0.25) is 0 Å². The maximum atomic E-state index is 11.3. The van der Waals surface area contributed by atoms with Crippen molar-refractivity contribution < 1.29 is 23.8 Å². The molecular weight excluding hydrogens is 288 g/mol. The molecule has 0 aromatic heterocycles. The van der Waals surface area contributed by atoms with Crippen molar-refractivity contribution in [3.8, 4) is 17.6 Å². The van der Waals surface area contributed by atoms with Gasteiger partial charge >= 0.3 is 5.97 Å². The standard InChI is InChI=1S/C15H16N2O5/c1-3-21-14(18)9-22-12-5-4-10(7-13(12)20-2)6-11(8-16)15(17)19/h4-7H,3,9H2,1-2H3,(H2,17,19)/b11-6+. The Kier molecular flexibility index (Phi) is 6.44. The first-order chi connectivity index (χ1) is 10.5. The summed E-state index contributed by atoms with van der Waals surface area (Å²) in [5.41, 5.74) is 5.43. The number of nitrogens with zero attached hydrogens (tertiary/aromatic N) is 1. The number of amides is 1. The van der Waals surface area contributed by atoms with Gasteiger partial charge in [0.15, 0.2) is 18.1 Å². The van der Waals surface area contributed by atoms with Crippen LogP contribution in [-0.2, 0) is 14.3 Å². The molecule has 0 atom stereocenters. The second-order valence-corrected chi connectivity index (χ2v) is 4.04. The van der Waals surface area contributed by atoms with Gasteiger partial charge in [-0.05, 0) is 30.7 Å². The molecule has 1 rings (SSSR count). The topological polar surface area (TPSA) is 112 Å². The zero-order valence-electron chi connectivity index (χ0n) is 12.3. The number of rotatable bonds is 7. The molecule has 7 heteroatoms. The highest BCUT2D eigenvalue weighted by atomic mass is 16.6. The zero-order valence-corrected chi connectivity index (χ0v) is 12.3. The van der Waals surface area contributed by atoms with Gasteiger partial charge < -0.3 is 19.9 Å². The first-order valence-corrected chi connectivity index (χ1v) is 6.39. The lowest BCUT2D eigenvalue weighted by Crippen LogP contribution is -2.15. The van der Waals surface area contributed by atoms with E-state index >= 15 is 0 Å². The number of hydrogen-bond donors (Lipinski definition) is 1. The largest absolute Gasteiger partial charge is 0.493 e. The normalized spacial score (nSPS) is 10.5. The molecule has 7 nitrogen and oxygen atoms in total. The molecule has 0 heterocycles. The third kappa shape index (κ3) is 4.83. The number of benzene rings is 1. The number of primary amides is 1. The number of ether oxygens (including phenoxy) is 3. The van der Waals surface area contributed by atoms with Gasteiger partial charge in [0, 0.05) is 0 Å². The maximum absolute atomic E-state index is 11.3. The quantitative estimate of drug-likeness (QED) is 0.457. The van der Waals surface area contributed by atoms with Crippen LogP contribution in [0.5, 0.6) is 11.5 Å². The van der Waals surface area contributed by atoms with E-state index in [4.69, 9.17) is 25.2 Å². The van der Waals surface area contributed by atoms with Crippen LogP contribution in [0.15, 0.2) is 23.8 Å². The van der Waals surface area contributed by atoms with Crippen molar-refractivity contribution in [3.05, 3.63) is 29.3 Å². The highest BCUT2D eigenvalue weighted by molar-refractivity contribution is 6.00. The lowest BCUT2D eigenvalue weighted by molar-refractivity contribution is -0.145. The Labute approximate surface area is 127 Å². The van der Waals surface area contributed by atoms with Gasteiger partial charge in [-0.3, -0.25) is 4.79 Å². The summed E-state index contributed by atoms with van der Waals surface area (Å²) in [5, 5.41) is 8.81. The van der Waals surface area contributed by atoms with Gasteiger partial charge in [0.05, 0.1) is 13.7 Å². The average Bonchev–Trinajstić information content (AvgIpc) is 2.50. The molecule has 0 spiro atoms. The van der Waals surface area contributed by atoms with E-state index < -0.39 is 11.9 Å². The Morgan fingerprint density at radius 2 is 2.09 bits per heavy atom. The van der Waals surface area contributed by atoms with Crippen LogP contribution in [0, 0.1) is 11.3 Å². The van der Waals surface area contributed by atoms with Crippen LogP contribution < -0.4 is 15.2 Å². The summed E-state index contributed by atoms with van der Waals surface area (Å²) in [4.78, 5) is 22.3. The van der Waals surface area contributed by atoms with E-state index in [1.54, 1.807) is 31.2 Å². The van der Waals surface area contributed by atoms with E-state index in [9.17, 15) is 9.59 Å². The van der Waals surface area contributed by atoms with E-state index in [-0.39, 0.29) is 18.8 Å². The molecule has 0 bridgehead atoms. The second kappa shape index (κ2) is 8.32. The van der Waals surface area contributed by atoms with E-state index in [1.165, 1.54) is 13.2 Å². The van der Waals surface area contributed by atoms with Crippen molar-refractivity contribution in [1.29, 1.82) is 5.26 Å². The Morgan fingerprint density at radius 3 is 2.64 bits per heavy atom. The SMILES string of the molecule is CCOC(=O)COc1ccc(/C=C(\C#N)C(N)=O)cc1OC. The van der Waals surface area contributed by atoms with Crippen molar-refractivity contribution in [3.63, 3.8) is 0 Å². The minimum absolute atomic E-state index is 0.178. The number of nitrogens with two attached hydrogens (primary N) is 1. The first kappa shape index (κ1) is 17.0. The molecule has 1 amide bonds. The molecular formula is C15H16N2O5. The highest BCUT2D eigenvalue weighted by Crippen LogP contribution is 2.28. The second-order valence-electron chi connectivity index (χ2n) is 4.04.